The van der Waals surface area contributed by atoms with Crippen molar-refractivity contribution in [3.63, 3.8) is 0 Å². The van der Waals surface area contributed by atoms with E-state index in [-0.39, 0.29) is 12.1 Å². The highest BCUT2D eigenvalue weighted by Gasteiger charge is 2.29. The minimum absolute atomic E-state index is 0.190. The minimum atomic E-state index is 0.190. The Bertz CT molecular complexity index is 392. The number of nitrogens with two attached hydrogens (primary N) is 1. The summed E-state index contributed by atoms with van der Waals surface area (Å²) in [5, 5.41) is 0. The summed E-state index contributed by atoms with van der Waals surface area (Å²) < 4.78 is 6.02. The van der Waals surface area contributed by atoms with E-state index in [0.717, 1.165) is 23.8 Å². The molecule has 0 aromatic heterocycles. The van der Waals surface area contributed by atoms with Crippen LogP contribution < -0.4 is 10.5 Å². The number of hydrogen-bond donors (Lipinski definition) is 1. The summed E-state index contributed by atoms with van der Waals surface area (Å²) in [6, 6.07) is 8.45. The van der Waals surface area contributed by atoms with Gasteiger partial charge >= 0.3 is 0 Å². The zero-order chi connectivity index (χ0) is 11.7. The molecule has 3 rings (SSSR count). The maximum Gasteiger partial charge on any atom is 0.133 e. The van der Waals surface area contributed by atoms with Crippen LogP contribution in [0.2, 0.25) is 0 Å². The molecule has 0 saturated heterocycles. The van der Waals surface area contributed by atoms with Crippen molar-refractivity contribution in [2.75, 3.05) is 5.75 Å². The van der Waals surface area contributed by atoms with E-state index >= 15 is 0 Å². The van der Waals surface area contributed by atoms with Gasteiger partial charge in [-0.1, -0.05) is 31.4 Å². The number of thioether (sulfide) groups is 1. The molecule has 1 aliphatic carbocycles. The smallest absolute Gasteiger partial charge is 0.133 e. The molecule has 2 nitrogen and oxygen atoms in total. The van der Waals surface area contributed by atoms with Crippen LogP contribution in [-0.2, 0) is 0 Å². The quantitative estimate of drug-likeness (QED) is 0.894. The molecule has 0 bridgehead atoms. The molecule has 2 aliphatic rings. The van der Waals surface area contributed by atoms with Gasteiger partial charge in [0.1, 0.15) is 11.9 Å². The van der Waals surface area contributed by atoms with Gasteiger partial charge in [0.05, 0.1) is 0 Å². The van der Waals surface area contributed by atoms with Crippen molar-refractivity contribution in [3.8, 4) is 5.75 Å². The van der Waals surface area contributed by atoms with Crippen molar-refractivity contribution in [1.82, 2.24) is 0 Å². The van der Waals surface area contributed by atoms with E-state index in [1.165, 1.54) is 24.2 Å². The van der Waals surface area contributed by atoms with Crippen LogP contribution >= 0.6 is 11.8 Å². The van der Waals surface area contributed by atoms with Gasteiger partial charge in [-0.05, 0) is 24.5 Å². The summed E-state index contributed by atoms with van der Waals surface area (Å²) >= 11 is 1.87. The second-order valence-corrected chi connectivity index (χ2v) is 6.17. The third-order valence-corrected chi connectivity index (χ3v) is 4.98. The Morgan fingerprint density at radius 2 is 2.18 bits per heavy atom. The van der Waals surface area contributed by atoms with Crippen LogP contribution in [-0.4, -0.2) is 17.9 Å². The van der Waals surface area contributed by atoms with Gasteiger partial charge in [-0.3, -0.25) is 0 Å². The molecule has 1 aliphatic heterocycles. The van der Waals surface area contributed by atoms with E-state index in [9.17, 15) is 0 Å². The molecule has 17 heavy (non-hydrogen) atoms. The van der Waals surface area contributed by atoms with Crippen molar-refractivity contribution in [1.29, 1.82) is 0 Å². The first-order chi connectivity index (χ1) is 8.33. The van der Waals surface area contributed by atoms with Crippen molar-refractivity contribution >= 4 is 11.8 Å². The van der Waals surface area contributed by atoms with Gasteiger partial charge in [0, 0.05) is 16.7 Å². The van der Waals surface area contributed by atoms with Crippen molar-refractivity contribution < 1.29 is 4.74 Å². The monoisotopic (exact) mass is 249 g/mol. The predicted octanol–water partition coefficient (Wildman–Crippen LogP) is 3.06. The maximum atomic E-state index is 6.28. The van der Waals surface area contributed by atoms with E-state index in [1.54, 1.807) is 0 Å². The highest BCUT2D eigenvalue weighted by molar-refractivity contribution is 7.99. The number of benzene rings is 1. The SMILES string of the molecule is NC(CC1CCC1)C1CSc2ccccc2O1. The standard InChI is InChI=1S/C14H19NOS/c15-11(8-10-4-3-5-10)13-9-17-14-7-2-1-6-12(14)16-13/h1-2,6-7,10-11,13H,3-5,8-9,15H2. The Labute approximate surface area is 107 Å². The lowest BCUT2D eigenvalue weighted by Gasteiger charge is -2.34. The van der Waals surface area contributed by atoms with E-state index < -0.39 is 0 Å². The predicted molar refractivity (Wildman–Crippen MR) is 71.5 cm³/mol. The number of hydrogen-bond acceptors (Lipinski definition) is 3. The zero-order valence-electron chi connectivity index (χ0n) is 9.97. The summed E-state index contributed by atoms with van der Waals surface area (Å²) in [5.41, 5.74) is 6.28. The van der Waals surface area contributed by atoms with Gasteiger partial charge in [-0.15, -0.1) is 11.8 Å². The lowest BCUT2D eigenvalue weighted by atomic mass is 9.80. The molecule has 1 saturated carbocycles. The third-order valence-electron chi connectivity index (χ3n) is 3.84. The Morgan fingerprint density at radius 1 is 1.35 bits per heavy atom. The molecule has 1 aromatic carbocycles. The van der Waals surface area contributed by atoms with E-state index in [4.69, 9.17) is 10.5 Å². The topological polar surface area (TPSA) is 35.2 Å². The van der Waals surface area contributed by atoms with Crippen molar-refractivity contribution in [2.24, 2.45) is 11.7 Å². The molecule has 3 heteroatoms. The van der Waals surface area contributed by atoms with E-state index in [1.807, 2.05) is 23.9 Å². The molecule has 1 fully saturated rings. The molecule has 1 aromatic rings. The van der Waals surface area contributed by atoms with Crippen LogP contribution in [0.1, 0.15) is 25.7 Å². The normalized spacial score (nSPS) is 25.6. The lowest BCUT2D eigenvalue weighted by Crippen LogP contribution is -2.44. The third kappa shape index (κ3) is 2.45. The van der Waals surface area contributed by atoms with Gasteiger partial charge < -0.3 is 10.5 Å². The van der Waals surface area contributed by atoms with Crippen LogP contribution in [0, 0.1) is 5.92 Å². The van der Waals surface area contributed by atoms with Crippen LogP contribution in [0.25, 0.3) is 0 Å². The molecular weight excluding hydrogens is 230 g/mol. The fraction of sp³-hybridized carbons (Fsp3) is 0.571. The molecule has 1 heterocycles. The van der Waals surface area contributed by atoms with Crippen LogP contribution in [0.3, 0.4) is 0 Å². The van der Waals surface area contributed by atoms with Crippen LogP contribution in [0.15, 0.2) is 29.2 Å². The summed E-state index contributed by atoms with van der Waals surface area (Å²) in [7, 11) is 0. The molecule has 92 valence electrons. The Hall–Kier alpha value is -0.670. The second-order valence-electron chi connectivity index (χ2n) is 5.11. The van der Waals surface area contributed by atoms with Crippen molar-refractivity contribution in [3.05, 3.63) is 24.3 Å². The molecule has 0 amide bonds. The summed E-state index contributed by atoms with van der Waals surface area (Å²) in [4.78, 5) is 1.25. The van der Waals surface area contributed by atoms with Gasteiger partial charge in [0.2, 0.25) is 0 Å². The number of fused-ring (bicyclic) bond motifs is 1. The molecule has 0 spiro atoms. The Balaban J connectivity index is 1.62. The fourth-order valence-electron chi connectivity index (χ4n) is 2.51. The number of ether oxygens (including phenoxy) is 1. The molecule has 2 atom stereocenters. The molecular formula is C14H19NOS. The fourth-order valence-corrected chi connectivity index (χ4v) is 3.60. The average molecular weight is 249 g/mol. The highest BCUT2D eigenvalue weighted by atomic mass is 32.2. The van der Waals surface area contributed by atoms with Crippen molar-refractivity contribution in [2.45, 2.75) is 42.7 Å². The molecule has 0 radical (unpaired) electrons. The lowest BCUT2D eigenvalue weighted by molar-refractivity contribution is 0.154. The summed E-state index contributed by atoms with van der Waals surface area (Å²) in [5.74, 6) is 2.86. The van der Waals surface area contributed by atoms with E-state index in [2.05, 4.69) is 12.1 Å². The average Bonchev–Trinajstić information content (AvgIpc) is 2.33. The minimum Gasteiger partial charge on any atom is -0.487 e. The van der Waals surface area contributed by atoms with Crippen LogP contribution in [0.4, 0.5) is 0 Å². The van der Waals surface area contributed by atoms with Gasteiger partial charge in [-0.2, -0.15) is 0 Å². The van der Waals surface area contributed by atoms with Gasteiger partial charge in [0.15, 0.2) is 0 Å². The van der Waals surface area contributed by atoms with Gasteiger partial charge in [-0.25, -0.2) is 0 Å². The Kier molecular flexibility index (Phi) is 3.30. The maximum absolute atomic E-state index is 6.28. The number of rotatable bonds is 3. The van der Waals surface area contributed by atoms with Crippen LogP contribution in [0.5, 0.6) is 5.75 Å². The highest BCUT2D eigenvalue weighted by Crippen LogP contribution is 2.37. The van der Waals surface area contributed by atoms with Gasteiger partial charge in [0.25, 0.3) is 0 Å². The second kappa shape index (κ2) is 4.91. The largest absolute Gasteiger partial charge is 0.487 e. The first kappa shape index (κ1) is 11.4. The number of para-hydroxylation sites is 1. The van der Waals surface area contributed by atoms with E-state index in [0.29, 0.717) is 0 Å². The first-order valence-electron chi connectivity index (χ1n) is 6.47. The molecule has 2 N–H and O–H groups in total. The summed E-state index contributed by atoms with van der Waals surface area (Å²) in [6.07, 6.45) is 5.44. The Morgan fingerprint density at radius 3 is 2.94 bits per heavy atom. The first-order valence-corrected chi connectivity index (χ1v) is 7.45. The summed E-state index contributed by atoms with van der Waals surface area (Å²) in [6.45, 7) is 0. The molecule has 2 unspecified atom stereocenters. The zero-order valence-corrected chi connectivity index (χ0v) is 10.8.